The maximum absolute atomic E-state index is 12.0. The minimum atomic E-state index is -0.0363. The van der Waals surface area contributed by atoms with E-state index in [0.29, 0.717) is 13.0 Å². The molecule has 0 aliphatic heterocycles. The molecule has 4 nitrogen and oxygen atoms in total. The Kier molecular flexibility index (Phi) is 9.77. The molecule has 1 heterocycles. The van der Waals surface area contributed by atoms with Gasteiger partial charge in [-0.15, -0.1) is 23.0 Å². The van der Waals surface area contributed by atoms with E-state index in [1.807, 2.05) is 24.3 Å². The lowest BCUT2D eigenvalue weighted by Gasteiger charge is -2.08. The van der Waals surface area contributed by atoms with Crippen LogP contribution in [0.25, 0.3) is 22.4 Å². The van der Waals surface area contributed by atoms with Gasteiger partial charge in [-0.1, -0.05) is 80.4 Å². The minimum absolute atomic E-state index is 0. The zero-order valence-corrected chi connectivity index (χ0v) is 19.6. The Hall–Kier alpha value is -2.44. The lowest BCUT2D eigenvalue weighted by atomic mass is 10.0. The second kappa shape index (κ2) is 12.3. The Morgan fingerprint density at radius 1 is 1.07 bits per heavy atom. The van der Waals surface area contributed by atoms with Gasteiger partial charge in [-0.2, -0.15) is 0 Å². The number of allylic oxidation sites excluding steroid dienone is 1. The third-order valence-electron chi connectivity index (χ3n) is 4.68. The highest BCUT2D eigenvalue weighted by Crippen LogP contribution is 2.25. The molecule has 3 aromatic rings. The Labute approximate surface area is 192 Å². The lowest BCUT2D eigenvalue weighted by molar-refractivity contribution is -0.121. The van der Waals surface area contributed by atoms with Crippen LogP contribution in [0.15, 0.2) is 77.7 Å². The maximum Gasteiger partial charge on any atom is 0.240 e. The first-order chi connectivity index (χ1) is 14.2. The van der Waals surface area contributed by atoms with E-state index in [1.165, 1.54) is 22.5 Å². The van der Waals surface area contributed by atoms with Gasteiger partial charge >= 0.3 is 0 Å². The van der Waals surface area contributed by atoms with Gasteiger partial charge < -0.3 is 21.5 Å². The zero-order valence-electron chi connectivity index (χ0n) is 17.2. The van der Waals surface area contributed by atoms with Crippen molar-refractivity contribution in [2.75, 3.05) is 0 Å². The standard InChI is InChI=1S/C24H27N3OS.BrH/c1-3-5-7-12-23(28)25-26-24-27(17-4-2)22(18-29-24)21-15-13-20(14-16-21)19-10-8-6-9-11-19;/h4,6,8-11,13-16,18H,2-3,5,7,12,17H2,1H3,(H,25,28);1H/p-1/b26-24-;. The summed E-state index contributed by atoms with van der Waals surface area (Å²) >= 11 is 1.52. The molecule has 3 rings (SSSR count). The van der Waals surface area contributed by atoms with E-state index < -0.39 is 0 Å². The molecule has 0 saturated heterocycles. The van der Waals surface area contributed by atoms with E-state index in [9.17, 15) is 4.79 Å². The third kappa shape index (κ3) is 6.28. The molecule has 6 heteroatoms. The van der Waals surface area contributed by atoms with Crippen molar-refractivity contribution in [3.63, 3.8) is 0 Å². The van der Waals surface area contributed by atoms with Crippen molar-refractivity contribution in [3.05, 3.63) is 77.4 Å². The van der Waals surface area contributed by atoms with Crippen LogP contribution in [0.3, 0.4) is 0 Å². The first-order valence-corrected chi connectivity index (χ1v) is 10.9. The van der Waals surface area contributed by atoms with Crippen molar-refractivity contribution in [1.82, 2.24) is 9.99 Å². The van der Waals surface area contributed by atoms with Gasteiger partial charge in [-0.05, 0) is 23.1 Å². The topological polar surface area (TPSA) is 46.4 Å². The highest BCUT2D eigenvalue weighted by atomic mass is 79.9. The Morgan fingerprint density at radius 3 is 2.40 bits per heavy atom. The summed E-state index contributed by atoms with van der Waals surface area (Å²) in [5, 5.41) is 6.42. The Balaban J connectivity index is 0.00000320. The van der Waals surface area contributed by atoms with Gasteiger partial charge in [0.1, 0.15) is 0 Å². The van der Waals surface area contributed by atoms with Crippen molar-refractivity contribution in [3.8, 4) is 22.4 Å². The van der Waals surface area contributed by atoms with Crippen LogP contribution in [0.2, 0.25) is 0 Å². The van der Waals surface area contributed by atoms with Gasteiger partial charge in [0, 0.05) is 18.3 Å². The Bertz CT molecular complexity index is 1010. The smallest absolute Gasteiger partial charge is 0.240 e. The molecule has 1 aromatic heterocycles. The number of carbonyl (C=O) groups excluding carboxylic acids is 1. The SMILES string of the molecule is C=CCn1c(-c2ccc(-c3ccccc3)cc2)cs/c1=N\NC(=O)CCCCC.[Br-]. The predicted octanol–water partition coefficient (Wildman–Crippen LogP) is 2.59. The van der Waals surface area contributed by atoms with Crippen LogP contribution < -0.4 is 27.2 Å². The minimum Gasteiger partial charge on any atom is -1.00 e. The molecule has 0 saturated carbocycles. The normalized spacial score (nSPS) is 11.0. The average molecular weight is 485 g/mol. The zero-order chi connectivity index (χ0) is 20.5. The van der Waals surface area contributed by atoms with Gasteiger partial charge in [-0.3, -0.25) is 4.79 Å². The van der Waals surface area contributed by atoms with E-state index in [-0.39, 0.29) is 22.9 Å². The summed E-state index contributed by atoms with van der Waals surface area (Å²) < 4.78 is 2.07. The van der Waals surface area contributed by atoms with Gasteiger partial charge in [0.25, 0.3) is 0 Å². The Morgan fingerprint density at radius 2 is 1.73 bits per heavy atom. The van der Waals surface area contributed by atoms with Gasteiger partial charge in [0.15, 0.2) is 0 Å². The number of amides is 1. The van der Waals surface area contributed by atoms with Crippen molar-refractivity contribution >= 4 is 17.2 Å². The molecule has 0 unspecified atom stereocenters. The molecule has 1 amide bonds. The molecule has 158 valence electrons. The monoisotopic (exact) mass is 484 g/mol. The number of carbonyl (C=O) groups is 1. The summed E-state index contributed by atoms with van der Waals surface area (Å²) in [6.45, 7) is 6.62. The molecule has 0 aliphatic carbocycles. The number of hydrogen-bond donors (Lipinski definition) is 1. The molecular formula is C24H27BrN3OS-. The molecule has 0 fully saturated rings. The number of nitrogens with zero attached hydrogens (tertiary/aromatic N) is 2. The third-order valence-corrected chi connectivity index (χ3v) is 5.54. The molecular weight excluding hydrogens is 458 g/mol. The number of halogens is 1. The van der Waals surface area contributed by atoms with Crippen molar-refractivity contribution in [1.29, 1.82) is 0 Å². The molecule has 0 spiro atoms. The van der Waals surface area contributed by atoms with E-state index in [2.05, 4.69) is 70.4 Å². The first-order valence-electron chi connectivity index (χ1n) is 10.0. The van der Waals surface area contributed by atoms with Gasteiger partial charge in [-0.25, -0.2) is 5.43 Å². The van der Waals surface area contributed by atoms with Gasteiger partial charge in [0.05, 0.1) is 5.69 Å². The molecule has 1 N–H and O–H groups in total. The van der Waals surface area contributed by atoms with E-state index in [4.69, 9.17) is 0 Å². The summed E-state index contributed by atoms with van der Waals surface area (Å²) in [7, 11) is 0. The van der Waals surface area contributed by atoms with Crippen LogP contribution in [0, 0.1) is 0 Å². The van der Waals surface area contributed by atoms with Crippen LogP contribution >= 0.6 is 11.3 Å². The largest absolute Gasteiger partial charge is 1.00 e. The van der Waals surface area contributed by atoms with Crippen LogP contribution in [0.5, 0.6) is 0 Å². The predicted molar refractivity (Wildman–Crippen MR) is 121 cm³/mol. The van der Waals surface area contributed by atoms with Crippen molar-refractivity contribution in [2.45, 2.75) is 39.2 Å². The van der Waals surface area contributed by atoms with Crippen LogP contribution in [-0.4, -0.2) is 10.5 Å². The van der Waals surface area contributed by atoms with Crippen molar-refractivity contribution in [2.24, 2.45) is 5.10 Å². The van der Waals surface area contributed by atoms with E-state index in [1.54, 1.807) is 0 Å². The number of benzene rings is 2. The summed E-state index contributed by atoms with van der Waals surface area (Å²) in [6.07, 6.45) is 5.41. The number of aromatic nitrogens is 1. The summed E-state index contributed by atoms with van der Waals surface area (Å²) in [5.41, 5.74) is 7.25. The van der Waals surface area contributed by atoms with E-state index >= 15 is 0 Å². The number of rotatable bonds is 9. The highest BCUT2D eigenvalue weighted by molar-refractivity contribution is 7.07. The first kappa shape index (κ1) is 23.8. The van der Waals surface area contributed by atoms with Crippen molar-refractivity contribution < 1.29 is 21.8 Å². The van der Waals surface area contributed by atoms with E-state index in [0.717, 1.165) is 35.3 Å². The number of nitrogens with one attached hydrogen (secondary N) is 1. The summed E-state index contributed by atoms with van der Waals surface area (Å²) in [4.78, 5) is 12.7. The fraction of sp³-hybridized carbons (Fsp3) is 0.250. The fourth-order valence-electron chi connectivity index (χ4n) is 3.12. The molecule has 0 radical (unpaired) electrons. The lowest BCUT2D eigenvalue weighted by Crippen LogP contribution is -3.00. The van der Waals surface area contributed by atoms with Crippen LogP contribution in [0.1, 0.15) is 32.6 Å². The molecule has 30 heavy (non-hydrogen) atoms. The van der Waals surface area contributed by atoms with Gasteiger partial charge in [0.2, 0.25) is 10.7 Å². The maximum atomic E-state index is 12.0. The second-order valence-corrected chi connectivity index (χ2v) is 7.69. The molecule has 0 bridgehead atoms. The average Bonchev–Trinajstić information content (AvgIpc) is 3.16. The summed E-state index contributed by atoms with van der Waals surface area (Å²) in [6, 6.07) is 18.8. The number of thiazole rings is 1. The quantitative estimate of drug-likeness (QED) is 0.283. The molecule has 2 aromatic carbocycles. The highest BCUT2D eigenvalue weighted by Gasteiger charge is 2.08. The fourth-order valence-corrected chi connectivity index (χ4v) is 4.00. The summed E-state index contributed by atoms with van der Waals surface area (Å²) in [5.74, 6) is -0.0363. The number of unbranched alkanes of at least 4 members (excludes halogenated alkanes) is 2. The molecule has 0 atom stereocenters. The molecule has 0 aliphatic rings. The van der Waals surface area contributed by atoms with Crippen LogP contribution in [-0.2, 0) is 11.3 Å². The van der Waals surface area contributed by atoms with Crippen LogP contribution in [0.4, 0.5) is 0 Å². The second-order valence-electron chi connectivity index (χ2n) is 6.85. The number of hydrogen-bond acceptors (Lipinski definition) is 3.